The number of nitrogens with zero attached hydrogens (tertiary/aromatic N) is 3. The summed E-state index contributed by atoms with van der Waals surface area (Å²) in [5.41, 5.74) is 0.941. The van der Waals surface area contributed by atoms with Gasteiger partial charge in [-0.1, -0.05) is 11.6 Å². The molecule has 0 bridgehead atoms. The summed E-state index contributed by atoms with van der Waals surface area (Å²) in [4.78, 5) is 19.2. The van der Waals surface area contributed by atoms with Crippen LogP contribution >= 0.6 is 11.6 Å². The van der Waals surface area contributed by atoms with Gasteiger partial charge in [-0.3, -0.25) is 9.36 Å². The third-order valence-corrected chi connectivity index (χ3v) is 5.72. The van der Waals surface area contributed by atoms with Crippen molar-refractivity contribution in [1.29, 1.82) is 0 Å². The van der Waals surface area contributed by atoms with Crippen molar-refractivity contribution in [3.8, 4) is 11.3 Å². The largest absolute Gasteiger partial charge is 0.339 e. The van der Waals surface area contributed by atoms with Gasteiger partial charge in [0, 0.05) is 23.7 Å². The van der Waals surface area contributed by atoms with Crippen LogP contribution in [0.5, 0.6) is 0 Å². The van der Waals surface area contributed by atoms with E-state index in [-0.39, 0.29) is 23.3 Å². The zero-order chi connectivity index (χ0) is 23.0. The smallest absolute Gasteiger partial charge is 0.246 e. The van der Waals surface area contributed by atoms with E-state index < -0.39 is 11.4 Å². The Bertz CT molecular complexity index is 1200. The van der Waals surface area contributed by atoms with Crippen molar-refractivity contribution >= 4 is 35.2 Å². The number of aromatic nitrogens is 2. The van der Waals surface area contributed by atoms with Crippen LogP contribution in [0, 0.1) is 11.6 Å². The number of halogens is 3. The predicted molar refractivity (Wildman–Crippen MR) is 121 cm³/mol. The first-order chi connectivity index (χ1) is 15.2. The number of benzene rings is 2. The second-order valence-electron chi connectivity index (χ2n) is 7.96. The molecule has 0 saturated heterocycles. The van der Waals surface area contributed by atoms with Gasteiger partial charge in [-0.25, -0.2) is 13.8 Å². The molecule has 1 aromatic heterocycles. The Kier molecular flexibility index (Phi) is 5.75. The number of likely N-dealkylation sites (N-methyl/N-ethyl adjacent to an activating group) is 1. The molecule has 1 aliphatic rings. The van der Waals surface area contributed by atoms with Gasteiger partial charge in [-0.15, -0.1) is 0 Å². The molecule has 166 valence electrons. The van der Waals surface area contributed by atoms with E-state index in [4.69, 9.17) is 16.6 Å². The van der Waals surface area contributed by atoms with E-state index in [1.165, 1.54) is 24.3 Å². The maximum atomic E-state index is 14.0. The second-order valence-corrected chi connectivity index (χ2v) is 8.37. The molecule has 2 aromatic carbocycles. The van der Waals surface area contributed by atoms with Gasteiger partial charge in [0.05, 0.1) is 17.1 Å². The van der Waals surface area contributed by atoms with E-state index in [0.717, 1.165) is 0 Å². The molecule has 0 saturated carbocycles. The maximum absolute atomic E-state index is 14.0. The number of carbonyl (C=O) groups excluding carboxylic acids is 1. The highest BCUT2D eigenvalue weighted by Gasteiger charge is 2.32. The van der Waals surface area contributed by atoms with Crippen molar-refractivity contribution in [1.82, 2.24) is 19.8 Å². The summed E-state index contributed by atoms with van der Waals surface area (Å²) in [6.07, 6.45) is 3.40. The fraction of sp³-hybridized carbons (Fsp3) is 0.217. The van der Waals surface area contributed by atoms with Crippen molar-refractivity contribution in [3.63, 3.8) is 0 Å². The van der Waals surface area contributed by atoms with Crippen LogP contribution in [0.3, 0.4) is 0 Å². The first kappa shape index (κ1) is 22.0. The number of nitrogens with one attached hydrogen (secondary N) is 2. The first-order valence-electron chi connectivity index (χ1n) is 9.97. The second kappa shape index (κ2) is 8.37. The number of imidazole rings is 1. The molecular formula is C23H22ClF2N5O. The molecule has 1 amide bonds. The molecule has 4 rings (SSSR count). The van der Waals surface area contributed by atoms with Gasteiger partial charge < -0.3 is 15.5 Å². The maximum Gasteiger partial charge on any atom is 0.246 e. The van der Waals surface area contributed by atoms with Crippen molar-refractivity contribution in [2.75, 3.05) is 12.4 Å². The van der Waals surface area contributed by atoms with Crippen LogP contribution < -0.4 is 10.6 Å². The summed E-state index contributed by atoms with van der Waals surface area (Å²) in [5.74, 6) is 0.134. The topological polar surface area (TPSA) is 62.2 Å². The quantitative estimate of drug-likeness (QED) is 0.566. The molecule has 0 fully saturated rings. The zero-order valence-corrected chi connectivity index (χ0v) is 18.5. The lowest BCUT2D eigenvalue weighted by molar-refractivity contribution is -0.134. The minimum atomic E-state index is -0.749. The molecule has 32 heavy (non-hydrogen) atoms. The minimum Gasteiger partial charge on any atom is -0.339 e. The van der Waals surface area contributed by atoms with Crippen molar-refractivity contribution in [2.45, 2.75) is 25.9 Å². The lowest BCUT2D eigenvalue weighted by Crippen LogP contribution is -2.51. The molecule has 0 radical (unpaired) electrons. The first-order valence-corrected chi connectivity index (χ1v) is 10.3. The fourth-order valence-electron chi connectivity index (χ4n) is 3.35. The lowest BCUT2D eigenvalue weighted by Gasteiger charge is -2.31. The highest BCUT2D eigenvalue weighted by Crippen LogP contribution is 2.34. The van der Waals surface area contributed by atoms with E-state index in [0.29, 0.717) is 28.6 Å². The standard InChI is InChI=1S/C23H22ClF2N5O/c1-23(2,27-3)22(32)30-10-11-31-19(13-30)29-20(14-4-6-15(25)7-5-14)21(31)28-16-8-9-17(24)18(26)12-16/h4-12,27-28H,13H2,1-3H3. The lowest BCUT2D eigenvalue weighted by atomic mass is 10.0. The Morgan fingerprint density at radius 2 is 1.84 bits per heavy atom. The molecule has 1 aliphatic heterocycles. The molecule has 6 nitrogen and oxygen atoms in total. The zero-order valence-electron chi connectivity index (χ0n) is 17.8. The molecule has 2 heterocycles. The molecule has 0 unspecified atom stereocenters. The summed E-state index contributed by atoms with van der Waals surface area (Å²) in [7, 11) is 1.73. The van der Waals surface area contributed by atoms with Crippen LogP contribution in [0.15, 0.2) is 48.7 Å². The Morgan fingerprint density at radius 3 is 2.50 bits per heavy atom. The number of fused-ring (bicyclic) bond motifs is 1. The van der Waals surface area contributed by atoms with Crippen LogP contribution in [0.4, 0.5) is 20.3 Å². The van der Waals surface area contributed by atoms with Crippen LogP contribution in [0.1, 0.15) is 19.7 Å². The number of amides is 1. The molecule has 9 heteroatoms. The summed E-state index contributed by atoms with van der Waals surface area (Å²) in [5, 5.41) is 6.21. The van der Waals surface area contributed by atoms with Crippen LogP contribution in [-0.2, 0) is 11.3 Å². The number of rotatable bonds is 5. The molecule has 3 aromatic rings. The number of hydrogen-bond donors (Lipinski definition) is 2. The van der Waals surface area contributed by atoms with Gasteiger partial charge >= 0.3 is 0 Å². The Labute approximate surface area is 189 Å². The summed E-state index contributed by atoms with van der Waals surface area (Å²) in [6, 6.07) is 10.3. The highest BCUT2D eigenvalue weighted by atomic mass is 35.5. The predicted octanol–water partition coefficient (Wildman–Crippen LogP) is 4.99. The van der Waals surface area contributed by atoms with Crippen LogP contribution in [0.2, 0.25) is 5.02 Å². The molecule has 0 atom stereocenters. The Morgan fingerprint density at radius 1 is 1.12 bits per heavy atom. The third-order valence-electron chi connectivity index (χ3n) is 5.41. The van der Waals surface area contributed by atoms with Gasteiger partial charge in [0.2, 0.25) is 5.91 Å². The highest BCUT2D eigenvalue weighted by molar-refractivity contribution is 6.30. The SMILES string of the molecule is CNC(C)(C)C(=O)N1C=Cn2c(nc(-c3ccc(F)cc3)c2Nc2ccc(Cl)c(F)c2)C1. The molecular weight excluding hydrogens is 436 g/mol. The fourth-order valence-corrected chi connectivity index (χ4v) is 3.47. The van der Waals surface area contributed by atoms with E-state index in [1.54, 1.807) is 61.0 Å². The Balaban J connectivity index is 1.76. The number of hydrogen-bond acceptors (Lipinski definition) is 4. The van der Waals surface area contributed by atoms with Crippen molar-refractivity contribution < 1.29 is 13.6 Å². The number of carbonyl (C=O) groups is 1. The van der Waals surface area contributed by atoms with E-state index >= 15 is 0 Å². The van der Waals surface area contributed by atoms with E-state index in [9.17, 15) is 13.6 Å². The van der Waals surface area contributed by atoms with Gasteiger partial charge in [-0.05, 0) is 63.4 Å². The van der Waals surface area contributed by atoms with Gasteiger partial charge in [0.15, 0.2) is 0 Å². The van der Waals surface area contributed by atoms with E-state index in [1.807, 2.05) is 0 Å². The van der Waals surface area contributed by atoms with Gasteiger partial charge in [0.1, 0.15) is 29.0 Å². The van der Waals surface area contributed by atoms with Crippen molar-refractivity contribution in [2.24, 2.45) is 0 Å². The van der Waals surface area contributed by atoms with Gasteiger partial charge in [0.25, 0.3) is 0 Å². The molecule has 2 N–H and O–H groups in total. The molecule has 0 aliphatic carbocycles. The molecule has 0 spiro atoms. The minimum absolute atomic E-state index is 0.0193. The Hall–Kier alpha value is -3.23. The third kappa shape index (κ3) is 4.11. The summed E-state index contributed by atoms with van der Waals surface area (Å²) >= 11 is 5.80. The van der Waals surface area contributed by atoms with Crippen molar-refractivity contribution in [3.05, 3.63) is 71.1 Å². The van der Waals surface area contributed by atoms with E-state index in [2.05, 4.69) is 10.6 Å². The van der Waals surface area contributed by atoms with Crippen LogP contribution in [-0.4, -0.2) is 32.9 Å². The van der Waals surface area contributed by atoms with Crippen LogP contribution in [0.25, 0.3) is 17.5 Å². The summed E-state index contributed by atoms with van der Waals surface area (Å²) < 4.78 is 29.3. The summed E-state index contributed by atoms with van der Waals surface area (Å²) in [6.45, 7) is 3.85. The monoisotopic (exact) mass is 457 g/mol. The average molecular weight is 458 g/mol. The number of anilines is 2. The normalized spacial score (nSPS) is 13.2. The van der Waals surface area contributed by atoms with Gasteiger partial charge in [-0.2, -0.15) is 0 Å². The average Bonchev–Trinajstić information content (AvgIpc) is 3.13.